The largest absolute Gasteiger partial charge is 0.443 e. The first-order chi connectivity index (χ1) is 8.49. The number of carbonyl (C=O) groups excluding carboxylic acids is 1. The molecule has 0 aliphatic rings. The van der Waals surface area contributed by atoms with E-state index in [-0.39, 0.29) is 28.4 Å². The number of rotatable bonds is 4. The number of nitrogens with zero attached hydrogens (tertiary/aromatic N) is 1. The number of ketones is 1. The van der Waals surface area contributed by atoms with Gasteiger partial charge in [0.25, 0.3) is 0 Å². The molecule has 1 unspecified atom stereocenters. The van der Waals surface area contributed by atoms with Gasteiger partial charge in [-0.2, -0.15) is 13.2 Å². The summed E-state index contributed by atoms with van der Waals surface area (Å²) in [6.45, 7) is 8.15. The molecule has 0 N–H and O–H groups in total. The maximum absolute atomic E-state index is 12.4. The van der Waals surface area contributed by atoms with E-state index in [4.69, 9.17) is 0 Å². The first-order valence-electron chi connectivity index (χ1n) is 6.05. The second kappa shape index (κ2) is 5.61. The number of hydrogen-bond acceptors (Lipinski definition) is 3. The topological polar surface area (TPSA) is 30.0 Å². The second-order valence-corrected chi connectivity index (χ2v) is 7.06. The Morgan fingerprint density at radius 2 is 1.95 bits per heavy atom. The molecule has 0 aromatic carbocycles. The van der Waals surface area contributed by atoms with Gasteiger partial charge in [0, 0.05) is 12.6 Å². The van der Waals surface area contributed by atoms with Gasteiger partial charge < -0.3 is 0 Å². The third kappa shape index (κ3) is 5.30. The van der Waals surface area contributed by atoms with Gasteiger partial charge in [-0.1, -0.05) is 27.7 Å². The third-order valence-corrected chi connectivity index (χ3v) is 3.60. The SMILES string of the molecule is CC(CC(=O)c1cnc(C(F)(F)F)s1)CC(C)(C)C. The van der Waals surface area contributed by atoms with Crippen LogP contribution in [-0.4, -0.2) is 10.8 Å². The van der Waals surface area contributed by atoms with Crippen molar-refractivity contribution >= 4 is 17.1 Å². The van der Waals surface area contributed by atoms with Gasteiger partial charge in [0.05, 0.1) is 4.88 Å². The molecule has 1 heterocycles. The number of thiazole rings is 1. The van der Waals surface area contributed by atoms with Crippen molar-refractivity contribution in [3.63, 3.8) is 0 Å². The maximum Gasteiger partial charge on any atom is 0.443 e. The standard InChI is InChI=1S/C13H18F3NOS/c1-8(6-12(2,3)4)5-9(18)10-7-17-11(19-10)13(14,15)16/h7-8H,5-6H2,1-4H3. The minimum atomic E-state index is -4.47. The van der Waals surface area contributed by atoms with Crippen LogP contribution >= 0.6 is 11.3 Å². The first kappa shape index (κ1) is 16.1. The molecule has 0 aliphatic heterocycles. The fourth-order valence-corrected chi connectivity index (χ4v) is 2.80. The molecule has 0 radical (unpaired) electrons. The smallest absolute Gasteiger partial charge is 0.293 e. The quantitative estimate of drug-likeness (QED) is 0.746. The normalized spacial score (nSPS) is 14.5. The van der Waals surface area contributed by atoms with Gasteiger partial charge in [0.15, 0.2) is 10.8 Å². The lowest BCUT2D eigenvalue weighted by Gasteiger charge is -2.22. The van der Waals surface area contributed by atoms with Crippen LogP contribution in [0.1, 0.15) is 55.2 Å². The molecule has 1 rings (SSSR count). The molecule has 0 spiro atoms. The van der Waals surface area contributed by atoms with E-state index in [1.807, 2.05) is 6.92 Å². The van der Waals surface area contributed by atoms with Crippen molar-refractivity contribution < 1.29 is 18.0 Å². The lowest BCUT2D eigenvalue weighted by atomic mass is 9.83. The summed E-state index contributed by atoms with van der Waals surface area (Å²) in [7, 11) is 0. The van der Waals surface area contributed by atoms with E-state index in [2.05, 4.69) is 25.8 Å². The van der Waals surface area contributed by atoms with Crippen molar-refractivity contribution in [2.24, 2.45) is 11.3 Å². The number of aromatic nitrogens is 1. The van der Waals surface area contributed by atoms with Crippen molar-refractivity contribution in [1.82, 2.24) is 4.98 Å². The zero-order chi connectivity index (χ0) is 14.8. The highest BCUT2D eigenvalue weighted by Crippen LogP contribution is 2.33. The van der Waals surface area contributed by atoms with Gasteiger partial charge >= 0.3 is 6.18 Å². The summed E-state index contributed by atoms with van der Waals surface area (Å²) in [5.74, 6) is -0.117. The molecule has 6 heteroatoms. The van der Waals surface area contributed by atoms with E-state index < -0.39 is 11.2 Å². The van der Waals surface area contributed by atoms with Crippen LogP contribution in [0.4, 0.5) is 13.2 Å². The van der Waals surface area contributed by atoms with Crippen molar-refractivity contribution in [2.45, 2.75) is 46.7 Å². The monoisotopic (exact) mass is 293 g/mol. The van der Waals surface area contributed by atoms with Crippen LogP contribution in [0.15, 0.2) is 6.20 Å². The van der Waals surface area contributed by atoms with Gasteiger partial charge in [-0.05, 0) is 17.8 Å². The molecule has 0 aliphatic carbocycles. The molecule has 0 saturated carbocycles. The molecular weight excluding hydrogens is 275 g/mol. The van der Waals surface area contributed by atoms with Gasteiger partial charge in [-0.25, -0.2) is 4.98 Å². The molecule has 2 nitrogen and oxygen atoms in total. The van der Waals surface area contributed by atoms with E-state index >= 15 is 0 Å². The summed E-state index contributed by atoms with van der Waals surface area (Å²) in [6.07, 6.45) is -2.33. The van der Waals surface area contributed by atoms with E-state index in [0.717, 1.165) is 12.6 Å². The Labute approximate surface area is 115 Å². The molecule has 0 saturated heterocycles. The predicted molar refractivity (Wildman–Crippen MR) is 69.3 cm³/mol. The van der Waals surface area contributed by atoms with Crippen LogP contribution in [0.5, 0.6) is 0 Å². The van der Waals surface area contributed by atoms with E-state index in [1.54, 1.807) is 0 Å². The minimum Gasteiger partial charge on any atom is -0.293 e. The van der Waals surface area contributed by atoms with Crippen molar-refractivity contribution in [3.8, 4) is 0 Å². The molecule has 108 valence electrons. The van der Waals surface area contributed by atoms with E-state index in [0.29, 0.717) is 11.3 Å². The van der Waals surface area contributed by atoms with Crippen LogP contribution in [-0.2, 0) is 6.18 Å². The number of alkyl halides is 3. The van der Waals surface area contributed by atoms with Crippen molar-refractivity contribution in [2.75, 3.05) is 0 Å². The number of hydrogen-bond donors (Lipinski definition) is 0. The molecule has 0 fully saturated rings. The summed E-state index contributed by atoms with van der Waals surface area (Å²) >= 11 is 0.422. The lowest BCUT2D eigenvalue weighted by Crippen LogP contribution is -2.14. The van der Waals surface area contributed by atoms with Crippen LogP contribution in [0.3, 0.4) is 0 Å². The zero-order valence-electron chi connectivity index (χ0n) is 11.5. The van der Waals surface area contributed by atoms with Gasteiger partial charge in [-0.3, -0.25) is 4.79 Å². The van der Waals surface area contributed by atoms with E-state index in [9.17, 15) is 18.0 Å². The minimum absolute atomic E-state index is 0.0908. The van der Waals surface area contributed by atoms with Gasteiger partial charge in [-0.15, -0.1) is 11.3 Å². The first-order valence-corrected chi connectivity index (χ1v) is 6.87. The predicted octanol–water partition coefficient (Wildman–Crippen LogP) is 4.81. The highest BCUT2D eigenvalue weighted by Gasteiger charge is 2.35. The Balaban J connectivity index is 2.66. The van der Waals surface area contributed by atoms with Crippen molar-refractivity contribution in [3.05, 3.63) is 16.1 Å². The molecular formula is C13H18F3NOS. The maximum atomic E-state index is 12.4. The van der Waals surface area contributed by atoms with Crippen molar-refractivity contribution in [1.29, 1.82) is 0 Å². The van der Waals surface area contributed by atoms with E-state index in [1.165, 1.54) is 0 Å². The second-order valence-electron chi connectivity index (χ2n) is 6.02. The summed E-state index contributed by atoms with van der Waals surface area (Å²) in [5, 5.41) is -0.959. The Bertz CT molecular complexity index is 445. The third-order valence-electron chi connectivity index (χ3n) is 2.52. The molecule has 1 aromatic rings. The molecule has 19 heavy (non-hydrogen) atoms. The Morgan fingerprint density at radius 3 is 2.37 bits per heavy atom. The average Bonchev–Trinajstić information content (AvgIpc) is 2.61. The Hall–Kier alpha value is -0.910. The fraction of sp³-hybridized carbons (Fsp3) is 0.692. The Morgan fingerprint density at radius 1 is 1.37 bits per heavy atom. The lowest BCUT2D eigenvalue weighted by molar-refractivity contribution is -0.137. The van der Waals surface area contributed by atoms with Crippen LogP contribution in [0.25, 0.3) is 0 Å². The molecule has 0 bridgehead atoms. The molecule has 0 amide bonds. The van der Waals surface area contributed by atoms with Crippen LogP contribution in [0.2, 0.25) is 0 Å². The zero-order valence-corrected chi connectivity index (χ0v) is 12.3. The fourth-order valence-electron chi connectivity index (χ4n) is 2.07. The van der Waals surface area contributed by atoms with Crippen LogP contribution in [0, 0.1) is 11.3 Å². The van der Waals surface area contributed by atoms with Crippen LogP contribution < -0.4 is 0 Å². The summed E-state index contributed by atoms with van der Waals surface area (Å²) < 4.78 is 37.2. The summed E-state index contributed by atoms with van der Waals surface area (Å²) in [4.78, 5) is 15.2. The highest BCUT2D eigenvalue weighted by molar-refractivity contribution is 7.13. The number of carbonyl (C=O) groups is 1. The van der Waals surface area contributed by atoms with Gasteiger partial charge in [0.2, 0.25) is 0 Å². The molecule has 1 aromatic heterocycles. The summed E-state index contributed by atoms with van der Waals surface area (Å²) in [6, 6.07) is 0. The average molecular weight is 293 g/mol. The summed E-state index contributed by atoms with van der Waals surface area (Å²) in [5.41, 5.74) is 0.102. The number of halogens is 3. The highest BCUT2D eigenvalue weighted by atomic mass is 32.1. The molecule has 1 atom stereocenters. The Kier molecular flexibility index (Phi) is 4.76. The van der Waals surface area contributed by atoms with Gasteiger partial charge in [0.1, 0.15) is 0 Å². The number of Topliss-reactive ketones (excluding diaryl/α,β-unsaturated/α-hetero) is 1.